The number of rotatable bonds is 9. The SMILES string of the molecule is CCOC(=O)C1=C(c2ccccc2)N=c2s/c(=C\c3cc(Br)c(OCc4ccc(Cl)c(Cl)c4)c(OC)c3)c(=O)n2[C@@H]1c1cccs1. The lowest BCUT2D eigenvalue weighted by Crippen LogP contribution is -2.39. The Morgan fingerprint density at radius 2 is 1.87 bits per heavy atom. The number of halogens is 3. The van der Waals surface area contributed by atoms with E-state index in [9.17, 15) is 9.59 Å². The van der Waals surface area contributed by atoms with Crippen LogP contribution >= 0.6 is 61.8 Å². The van der Waals surface area contributed by atoms with E-state index in [0.29, 0.717) is 52.2 Å². The van der Waals surface area contributed by atoms with Gasteiger partial charge in [-0.15, -0.1) is 11.3 Å². The summed E-state index contributed by atoms with van der Waals surface area (Å²) in [5.74, 6) is 0.459. The summed E-state index contributed by atoms with van der Waals surface area (Å²) in [6, 6.07) is 21.5. The number of ether oxygens (including phenoxy) is 3. The van der Waals surface area contributed by atoms with Crippen molar-refractivity contribution in [3.05, 3.63) is 140 Å². The van der Waals surface area contributed by atoms with Crippen LogP contribution in [0.15, 0.2) is 98.0 Å². The standard InChI is InChI=1S/C34H25BrCl2N2O5S2/c1-3-43-33(41)28-29(21-8-5-4-6-9-21)38-34-39(30(28)26-10-7-13-45-26)32(40)27(46-34)17-20-14-22(35)31(25(16-20)42-2)44-18-19-11-12-23(36)24(37)15-19/h4-17,30H,3,18H2,1-2H3/b27-17-/t30-/m1/s1. The van der Waals surface area contributed by atoms with E-state index >= 15 is 0 Å². The molecule has 46 heavy (non-hydrogen) atoms. The summed E-state index contributed by atoms with van der Waals surface area (Å²) < 4.78 is 19.9. The molecule has 12 heteroatoms. The molecule has 6 rings (SSSR count). The highest BCUT2D eigenvalue weighted by Crippen LogP contribution is 2.39. The molecule has 234 valence electrons. The Morgan fingerprint density at radius 3 is 2.57 bits per heavy atom. The van der Waals surface area contributed by atoms with Crippen molar-refractivity contribution in [1.82, 2.24) is 4.57 Å². The van der Waals surface area contributed by atoms with E-state index in [0.717, 1.165) is 16.0 Å². The molecule has 1 atom stereocenters. The van der Waals surface area contributed by atoms with Gasteiger partial charge in [-0.3, -0.25) is 9.36 Å². The van der Waals surface area contributed by atoms with E-state index in [4.69, 9.17) is 42.4 Å². The van der Waals surface area contributed by atoms with Crippen molar-refractivity contribution in [3.8, 4) is 11.5 Å². The molecule has 0 radical (unpaired) electrons. The number of carbonyl (C=O) groups excluding carboxylic acids is 1. The van der Waals surface area contributed by atoms with Crippen molar-refractivity contribution < 1.29 is 19.0 Å². The monoisotopic (exact) mass is 754 g/mol. The van der Waals surface area contributed by atoms with Crippen LogP contribution < -0.4 is 24.4 Å². The highest BCUT2D eigenvalue weighted by Gasteiger charge is 2.35. The number of methoxy groups -OCH3 is 1. The minimum atomic E-state index is -0.703. The molecule has 0 saturated carbocycles. The normalized spacial score (nSPS) is 14.5. The fourth-order valence-corrected chi connectivity index (χ4v) is 7.78. The van der Waals surface area contributed by atoms with Gasteiger partial charge >= 0.3 is 5.97 Å². The maximum atomic E-state index is 14.1. The number of fused-ring (bicyclic) bond motifs is 1. The highest BCUT2D eigenvalue weighted by atomic mass is 79.9. The molecule has 0 aliphatic carbocycles. The molecule has 0 amide bonds. The Bertz CT molecular complexity index is 2140. The number of esters is 1. The topological polar surface area (TPSA) is 79.1 Å². The molecular weight excluding hydrogens is 731 g/mol. The third-order valence-corrected chi connectivity index (χ3v) is 10.3. The molecule has 3 aromatic carbocycles. The van der Waals surface area contributed by atoms with Crippen molar-refractivity contribution in [3.63, 3.8) is 0 Å². The number of aromatic nitrogens is 1. The minimum Gasteiger partial charge on any atom is -0.493 e. The third kappa shape index (κ3) is 6.45. The third-order valence-electron chi connectivity index (χ3n) is 7.10. The summed E-state index contributed by atoms with van der Waals surface area (Å²) in [6.45, 7) is 2.18. The van der Waals surface area contributed by atoms with Gasteiger partial charge < -0.3 is 14.2 Å². The van der Waals surface area contributed by atoms with Gasteiger partial charge in [0, 0.05) is 10.4 Å². The van der Waals surface area contributed by atoms with E-state index in [1.54, 1.807) is 42.9 Å². The summed E-state index contributed by atoms with van der Waals surface area (Å²) in [5.41, 5.74) is 2.84. The first kappa shape index (κ1) is 32.3. The lowest BCUT2D eigenvalue weighted by Gasteiger charge is -2.24. The van der Waals surface area contributed by atoms with Crippen LogP contribution in [-0.2, 0) is 16.1 Å². The summed E-state index contributed by atoms with van der Waals surface area (Å²) in [5, 5.41) is 2.83. The van der Waals surface area contributed by atoms with Gasteiger partial charge in [-0.2, -0.15) is 0 Å². The quantitative estimate of drug-likeness (QED) is 0.145. The second-order valence-electron chi connectivity index (χ2n) is 10.0. The Hall–Kier alpha value is -3.67. The molecule has 2 aromatic heterocycles. The van der Waals surface area contributed by atoms with E-state index in [2.05, 4.69) is 15.9 Å². The molecule has 0 unspecified atom stereocenters. The molecular formula is C34H25BrCl2N2O5S2. The van der Waals surface area contributed by atoms with Crippen LogP contribution in [0.4, 0.5) is 0 Å². The van der Waals surface area contributed by atoms with Crippen LogP contribution in [0, 0.1) is 0 Å². The second-order valence-corrected chi connectivity index (χ2v) is 13.7. The number of benzene rings is 3. The summed E-state index contributed by atoms with van der Waals surface area (Å²) in [4.78, 5) is 33.9. The van der Waals surface area contributed by atoms with Crippen molar-refractivity contribution in [2.24, 2.45) is 4.99 Å². The molecule has 0 bridgehead atoms. The van der Waals surface area contributed by atoms with Crippen LogP contribution in [0.25, 0.3) is 11.8 Å². The van der Waals surface area contributed by atoms with Gasteiger partial charge in [0.05, 0.1) is 44.0 Å². The number of carbonyl (C=O) groups is 1. The molecule has 0 saturated heterocycles. The molecule has 1 aliphatic rings. The minimum absolute atomic E-state index is 0.190. The smallest absolute Gasteiger partial charge is 0.338 e. The highest BCUT2D eigenvalue weighted by molar-refractivity contribution is 9.10. The van der Waals surface area contributed by atoms with Crippen LogP contribution in [-0.4, -0.2) is 24.3 Å². The lowest BCUT2D eigenvalue weighted by atomic mass is 9.97. The molecule has 0 fully saturated rings. The number of hydrogen-bond donors (Lipinski definition) is 0. The van der Waals surface area contributed by atoms with Gasteiger partial charge in [0.15, 0.2) is 16.3 Å². The largest absolute Gasteiger partial charge is 0.493 e. The van der Waals surface area contributed by atoms with Gasteiger partial charge in [0.1, 0.15) is 12.6 Å². The Morgan fingerprint density at radius 1 is 1.07 bits per heavy atom. The van der Waals surface area contributed by atoms with E-state index in [1.165, 1.54) is 22.7 Å². The Balaban J connectivity index is 1.45. The predicted octanol–water partition coefficient (Wildman–Crippen LogP) is 7.65. The van der Waals surface area contributed by atoms with Crippen molar-refractivity contribution in [2.75, 3.05) is 13.7 Å². The predicted molar refractivity (Wildman–Crippen MR) is 187 cm³/mol. The average molecular weight is 757 g/mol. The van der Waals surface area contributed by atoms with Gasteiger partial charge in [-0.05, 0) is 75.8 Å². The molecule has 3 heterocycles. The maximum absolute atomic E-state index is 14.1. The lowest BCUT2D eigenvalue weighted by molar-refractivity contribution is -0.138. The Labute approximate surface area is 290 Å². The molecule has 1 aliphatic heterocycles. The van der Waals surface area contributed by atoms with Crippen LogP contribution in [0.1, 0.15) is 34.5 Å². The number of nitrogens with zero attached hydrogens (tertiary/aromatic N) is 2. The average Bonchev–Trinajstić information content (AvgIpc) is 3.70. The van der Waals surface area contributed by atoms with Gasteiger partial charge in [0.2, 0.25) is 0 Å². The summed E-state index contributed by atoms with van der Waals surface area (Å²) in [7, 11) is 1.55. The maximum Gasteiger partial charge on any atom is 0.338 e. The first-order valence-corrected chi connectivity index (χ1v) is 17.3. The van der Waals surface area contributed by atoms with Gasteiger partial charge in [-0.25, -0.2) is 9.79 Å². The fourth-order valence-electron chi connectivity index (χ4n) is 5.06. The molecule has 7 nitrogen and oxygen atoms in total. The first-order valence-electron chi connectivity index (χ1n) is 14.0. The van der Waals surface area contributed by atoms with Crippen LogP contribution in [0.5, 0.6) is 11.5 Å². The number of thiophene rings is 1. The van der Waals surface area contributed by atoms with Crippen molar-refractivity contribution in [2.45, 2.75) is 19.6 Å². The van der Waals surface area contributed by atoms with E-state index < -0.39 is 12.0 Å². The van der Waals surface area contributed by atoms with Gasteiger partial charge in [-0.1, -0.05) is 77.0 Å². The van der Waals surface area contributed by atoms with E-state index in [-0.39, 0.29) is 18.8 Å². The zero-order chi connectivity index (χ0) is 32.4. The van der Waals surface area contributed by atoms with Crippen LogP contribution in [0.3, 0.4) is 0 Å². The zero-order valence-electron chi connectivity index (χ0n) is 24.5. The Kier molecular flexibility index (Phi) is 9.81. The second kappa shape index (κ2) is 14.0. The number of hydrogen-bond acceptors (Lipinski definition) is 8. The fraction of sp³-hybridized carbons (Fsp3) is 0.147. The summed E-state index contributed by atoms with van der Waals surface area (Å²) in [6.07, 6.45) is 1.78. The first-order chi connectivity index (χ1) is 22.3. The number of thiazole rings is 1. The van der Waals surface area contributed by atoms with Crippen molar-refractivity contribution in [1.29, 1.82) is 0 Å². The zero-order valence-corrected chi connectivity index (χ0v) is 29.2. The van der Waals surface area contributed by atoms with Crippen LogP contribution in [0.2, 0.25) is 10.0 Å². The summed E-state index contributed by atoms with van der Waals surface area (Å²) >= 11 is 18.5. The molecule has 0 N–H and O–H groups in total. The molecule has 0 spiro atoms. The van der Waals surface area contributed by atoms with Crippen molar-refractivity contribution >= 4 is 79.5 Å². The van der Waals surface area contributed by atoms with E-state index in [1.807, 2.05) is 60.0 Å². The molecule has 5 aromatic rings. The van der Waals surface area contributed by atoms with Gasteiger partial charge in [0.25, 0.3) is 5.56 Å².